The zero-order chi connectivity index (χ0) is 15.2. The fourth-order valence-electron chi connectivity index (χ4n) is 1.84. The molecule has 21 heavy (non-hydrogen) atoms. The van der Waals surface area contributed by atoms with Crippen molar-refractivity contribution in [2.45, 2.75) is 31.1 Å². The van der Waals surface area contributed by atoms with Crippen LogP contribution in [-0.2, 0) is 21.2 Å². The van der Waals surface area contributed by atoms with Crippen LogP contribution in [0.25, 0.3) is 0 Å². The van der Waals surface area contributed by atoms with Crippen molar-refractivity contribution in [3.63, 3.8) is 0 Å². The number of benzene rings is 1. The number of amides is 1. The van der Waals surface area contributed by atoms with E-state index in [2.05, 4.69) is 10.6 Å². The Balaban J connectivity index is 0.00000400. The van der Waals surface area contributed by atoms with Crippen molar-refractivity contribution in [2.75, 3.05) is 18.9 Å². The maximum Gasteiger partial charge on any atom is 0.238 e. The van der Waals surface area contributed by atoms with Gasteiger partial charge in [-0.25, -0.2) is 13.6 Å². The van der Waals surface area contributed by atoms with Gasteiger partial charge in [-0.2, -0.15) is 0 Å². The van der Waals surface area contributed by atoms with Gasteiger partial charge in [-0.15, -0.1) is 12.4 Å². The second-order valence-electron chi connectivity index (χ2n) is 4.48. The van der Waals surface area contributed by atoms with Gasteiger partial charge in [0.1, 0.15) is 0 Å². The van der Waals surface area contributed by atoms with E-state index in [1.54, 1.807) is 12.1 Å². The van der Waals surface area contributed by atoms with Gasteiger partial charge >= 0.3 is 0 Å². The first-order valence-corrected chi connectivity index (χ1v) is 8.03. The SMILES string of the molecule is CCc1ccc(NC(=O)CCCNC)cc1S(N)(=O)=O.Cl. The Kier molecular flexibility index (Phi) is 8.50. The highest BCUT2D eigenvalue weighted by atomic mass is 35.5. The Bertz CT molecular complexity index is 576. The molecule has 0 saturated heterocycles. The topological polar surface area (TPSA) is 101 Å². The molecule has 6 nitrogen and oxygen atoms in total. The fraction of sp³-hybridized carbons (Fsp3) is 0.462. The van der Waals surface area contributed by atoms with E-state index in [0.29, 0.717) is 24.1 Å². The molecule has 1 amide bonds. The summed E-state index contributed by atoms with van der Waals surface area (Å²) in [4.78, 5) is 11.7. The number of nitrogens with two attached hydrogens (primary N) is 1. The molecule has 0 saturated carbocycles. The Hall–Kier alpha value is -1.15. The van der Waals surface area contributed by atoms with Gasteiger partial charge in [-0.1, -0.05) is 13.0 Å². The Morgan fingerprint density at radius 2 is 2.00 bits per heavy atom. The summed E-state index contributed by atoms with van der Waals surface area (Å²) in [5.41, 5.74) is 1.08. The number of hydrogen-bond donors (Lipinski definition) is 3. The van der Waals surface area contributed by atoms with Crippen molar-refractivity contribution in [2.24, 2.45) is 5.14 Å². The first-order chi connectivity index (χ1) is 9.38. The lowest BCUT2D eigenvalue weighted by Gasteiger charge is -2.10. The molecule has 0 aromatic heterocycles. The smallest absolute Gasteiger partial charge is 0.238 e. The number of aryl methyl sites for hydroxylation is 1. The first kappa shape index (κ1) is 19.9. The zero-order valence-corrected chi connectivity index (χ0v) is 13.8. The maximum absolute atomic E-state index is 11.7. The second kappa shape index (κ2) is 8.99. The van der Waals surface area contributed by atoms with E-state index in [-0.39, 0.29) is 23.2 Å². The quantitative estimate of drug-likeness (QED) is 0.653. The predicted molar refractivity (Wildman–Crippen MR) is 86.2 cm³/mol. The van der Waals surface area contributed by atoms with Crippen LogP contribution in [-0.4, -0.2) is 27.9 Å². The molecule has 0 heterocycles. The lowest BCUT2D eigenvalue weighted by molar-refractivity contribution is -0.116. The molecule has 1 rings (SSSR count). The average molecular weight is 336 g/mol. The average Bonchev–Trinajstić information content (AvgIpc) is 2.38. The Morgan fingerprint density at radius 3 is 2.52 bits per heavy atom. The summed E-state index contributed by atoms with van der Waals surface area (Å²) in [6.45, 7) is 2.60. The summed E-state index contributed by atoms with van der Waals surface area (Å²) in [6, 6.07) is 4.76. The van der Waals surface area contributed by atoms with Crippen LogP contribution in [0.15, 0.2) is 23.1 Å². The molecular formula is C13H22ClN3O3S. The number of primary sulfonamides is 1. The van der Waals surface area contributed by atoms with Crippen LogP contribution in [0.1, 0.15) is 25.3 Å². The van der Waals surface area contributed by atoms with Crippen molar-refractivity contribution >= 4 is 34.0 Å². The molecule has 0 spiro atoms. The van der Waals surface area contributed by atoms with Crippen molar-refractivity contribution in [3.05, 3.63) is 23.8 Å². The van der Waals surface area contributed by atoms with Gasteiger partial charge in [-0.3, -0.25) is 4.79 Å². The molecule has 0 atom stereocenters. The minimum atomic E-state index is -3.79. The van der Waals surface area contributed by atoms with Gasteiger partial charge in [0, 0.05) is 12.1 Å². The van der Waals surface area contributed by atoms with Crippen LogP contribution < -0.4 is 15.8 Å². The number of rotatable bonds is 7. The van der Waals surface area contributed by atoms with Crippen LogP contribution in [0.4, 0.5) is 5.69 Å². The largest absolute Gasteiger partial charge is 0.326 e. The van der Waals surface area contributed by atoms with E-state index >= 15 is 0 Å². The normalized spacial score (nSPS) is 10.8. The highest BCUT2D eigenvalue weighted by molar-refractivity contribution is 7.89. The van der Waals surface area contributed by atoms with Crippen molar-refractivity contribution < 1.29 is 13.2 Å². The molecule has 0 bridgehead atoms. The minimum Gasteiger partial charge on any atom is -0.326 e. The Labute approximate surface area is 132 Å². The number of sulfonamides is 1. The highest BCUT2D eigenvalue weighted by Gasteiger charge is 2.14. The van der Waals surface area contributed by atoms with E-state index in [9.17, 15) is 13.2 Å². The number of hydrogen-bond acceptors (Lipinski definition) is 4. The zero-order valence-electron chi connectivity index (χ0n) is 12.2. The van der Waals surface area contributed by atoms with Gasteiger partial charge in [0.2, 0.25) is 15.9 Å². The Morgan fingerprint density at radius 1 is 1.33 bits per heavy atom. The predicted octanol–water partition coefficient (Wildman–Crippen LogP) is 1.26. The molecule has 1 aromatic carbocycles. The molecule has 0 aliphatic carbocycles. The van der Waals surface area contributed by atoms with Crippen LogP contribution in [0.2, 0.25) is 0 Å². The molecule has 0 aliphatic rings. The summed E-state index contributed by atoms with van der Waals surface area (Å²) in [6.07, 6.45) is 1.65. The second-order valence-corrected chi connectivity index (χ2v) is 6.01. The number of carbonyl (C=O) groups is 1. The molecular weight excluding hydrogens is 314 g/mol. The summed E-state index contributed by atoms with van der Waals surface area (Å²) in [5.74, 6) is -0.148. The maximum atomic E-state index is 11.7. The molecule has 0 unspecified atom stereocenters. The summed E-state index contributed by atoms with van der Waals surface area (Å²) >= 11 is 0. The van der Waals surface area contributed by atoms with Gasteiger partial charge in [0.05, 0.1) is 4.90 Å². The number of anilines is 1. The van der Waals surface area contributed by atoms with E-state index in [1.165, 1.54) is 6.07 Å². The molecule has 0 aliphatic heterocycles. The first-order valence-electron chi connectivity index (χ1n) is 6.48. The molecule has 0 fully saturated rings. The molecule has 4 N–H and O–H groups in total. The highest BCUT2D eigenvalue weighted by Crippen LogP contribution is 2.20. The van der Waals surface area contributed by atoms with Crippen LogP contribution in [0.3, 0.4) is 0 Å². The minimum absolute atomic E-state index is 0. The van der Waals surface area contributed by atoms with Crippen molar-refractivity contribution in [1.29, 1.82) is 0 Å². The lowest BCUT2D eigenvalue weighted by atomic mass is 10.1. The number of carbonyl (C=O) groups excluding carboxylic acids is 1. The lowest BCUT2D eigenvalue weighted by Crippen LogP contribution is -2.17. The summed E-state index contributed by atoms with van der Waals surface area (Å²) < 4.78 is 23.0. The van der Waals surface area contributed by atoms with Crippen molar-refractivity contribution in [1.82, 2.24) is 5.32 Å². The number of halogens is 1. The van der Waals surface area contributed by atoms with Gasteiger partial charge < -0.3 is 10.6 Å². The van der Waals surface area contributed by atoms with E-state index in [0.717, 1.165) is 13.0 Å². The molecule has 8 heteroatoms. The van der Waals surface area contributed by atoms with E-state index < -0.39 is 10.0 Å². The summed E-state index contributed by atoms with van der Waals surface area (Å²) in [7, 11) is -1.97. The monoisotopic (exact) mass is 335 g/mol. The van der Waals surface area contributed by atoms with Crippen LogP contribution >= 0.6 is 12.4 Å². The molecule has 0 radical (unpaired) electrons. The third-order valence-electron chi connectivity index (χ3n) is 2.87. The van der Waals surface area contributed by atoms with Crippen molar-refractivity contribution in [3.8, 4) is 0 Å². The molecule has 1 aromatic rings. The summed E-state index contributed by atoms with van der Waals surface area (Å²) in [5, 5.41) is 10.8. The third-order valence-corrected chi connectivity index (χ3v) is 3.86. The van der Waals surface area contributed by atoms with Crippen LogP contribution in [0, 0.1) is 0 Å². The fourth-order valence-corrected chi connectivity index (χ4v) is 2.71. The van der Waals surface area contributed by atoms with E-state index in [4.69, 9.17) is 5.14 Å². The van der Waals surface area contributed by atoms with Gasteiger partial charge in [-0.05, 0) is 44.1 Å². The third kappa shape index (κ3) is 6.43. The molecule has 120 valence electrons. The van der Waals surface area contributed by atoms with Gasteiger partial charge in [0.25, 0.3) is 0 Å². The van der Waals surface area contributed by atoms with Gasteiger partial charge in [0.15, 0.2) is 0 Å². The number of nitrogens with one attached hydrogen (secondary N) is 2. The van der Waals surface area contributed by atoms with E-state index in [1.807, 2.05) is 14.0 Å². The standard InChI is InChI=1S/C13H21N3O3S.ClH/c1-3-10-6-7-11(9-12(10)20(14,18)19)16-13(17)5-4-8-15-2;/h6-7,9,15H,3-5,8H2,1-2H3,(H,16,17)(H2,14,18,19);1H. The van der Waals surface area contributed by atoms with Crippen LogP contribution in [0.5, 0.6) is 0 Å².